The first kappa shape index (κ1) is 23.0. The Labute approximate surface area is 204 Å². The summed E-state index contributed by atoms with van der Waals surface area (Å²) in [5.74, 6) is 6.67. The van der Waals surface area contributed by atoms with Gasteiger partial charge in [0, 0.05) is 23.2 Å². The summed E-state index contributed by atoms with van der Waals surface area (Å²) in [7, 11) is -3.58. The molecule has 3 aromatic carbocycles. The zero-order valence-corrected chi connectivity index (χ0v) is 19.7. The van der Waals surface area contributed by atoms with Gasteiger partial charge in [-0.2, -0.15) is 0 Å². The van der Waals surface area contributed by atoms with Crippen LogP contribution in [-0.4, -0.2) is 42.2 Å². The van der Waals surface area contributed by atoms with Crippen LogP contribution in [0.2, 0.25) is 0 Å². The monoisotopic (exact) mass is 484 g/mol. The second kappa shape index (κ2) is 9.47. The summed E-state index contributed by atoms with van der Waals surface area (Å²) in [5, 5.41) is 17.8. The van der Waals surface area contributed by atoms with E-state index in [2.05, 4.69) is 32.4 Å². The summed E-state index contributed by atoms with van der Waals surface area (Å²) >= 11 is 0. The minimum Gasteiger partial charge on any atom is -0.376 e. The van der Waals surface area contributed by atoms with E-state index >= 15 is 0 Å². The molecule has 4 aromatic rings. The number of aromatic nitrogens is 2. The summed E-state index contributed by atoms with van der Waals surface area (Å²) in [6.07, 6.45) is 3.00. The Bertz CT molecular complexity index is 1520. The van der Waals surface area contributed by atoms with Crippen molar-refractivity contribution in [3.8, 4) is 11.8 Å². The van der Waals surface area contributed by atoms with Gasteiger partial charge in [-0.15, -0.1) is 0 Å². The van der Waals surface area contributed by atoms with Crippen molar-refractivity contribution in [2.45, 2.75) is 28.2 Å². The Balaban J connectivity index is 1.41. The summed E-state index contributed by atoms with van der Waals surface area (Å²) in [5.41, 5.74) is 1.16. The third-order valence-corrected chi connectivity index (χ3v) is 7.70. The number of rotatable bonds is 4. The van der Waals surface area contributed by atoms with Crippen molar-refractivity contribution in [3.63, 3.8) is 0 Å². The molecule has 0 amide bonds. The van der Waals surface area contributed by atoms with Gasteiger partial charge < -0.3 is 15.7 Å². The van der Waals surface area contributed by atoms with Crippen molar-refractivity contribution in [2.24, 2.45) is 0 Å². The molecule has 1 fully saturated rings. The summed E-state index contributed by atoms with van der Waals surface area (Å²) < 4.78 is 25.7. The fraction of sp³-hybridized carbons (Fsp3) is 0.185. The Morgan fingerprint density at radius 3 is 2.49 bits per heavy atom. The Kier molecular flexibility index (Phi) is 6.22. The molecule has 0 radical (unpaired) electrons. The third kappa shape index (κ3) is 5.03. The molecule has 8 heteroatoms. The molecule has 5 rings (SSSR count). The topological polar surface area (TPSA) is 104 Å². The molecular weight excluding hydrogens is 460 g/mol. The largest absolute Gasteiger partial charge is 0.376 e. The highest BCUT2D eigenvalue weighted by atomic mass is 32.2. The van der Waals surface area contributed by atoms with Crippen LogP contribution in [-0.2, 0) is 9.84 Å². The fourth-order valence-corrected chi connectivity index (χ4v) is 5.29. The van der Waals surface area contributed by atoms with E-state index in [0.29, 0.717) is 24.5 Å². The Morgan fingerprint density at radius 1 is 0.971 bits per heavy atom. The van der Waals surface area contributed by atoms with E-state index in [1.165, 1.54) is 6.33 Å². The van der Waals surface area contributed by atoms with E-state index in [4.69, 9.17) is 0 Å². The summed E-state index contributed by atoms with van der Waals surface area (Å²) in [4.78, 5) is 9.18. The van der Waals surface area contributed by atoms with E-state index in [1.54, 1.807) is 54.6 Å². The van der Waals surface area contributed by atoms with Gasteiger partial charge in [0.25, 0.3) is 0 Å². The number of anilines is 2. The predicted octanol–water partition coefficient (Wildman–Crippen LogP) is 3.67. The number of nitrogens with one attached hydrogen (secondary N) is 2. The van der Waals surface area contributed by atoms with Gasteiger partial charge in [-0.1, -0.05) is 30.0 Å². The molecule has 1 aliphatic rings. The molecule has 0 spiro atoms. The van der Waals surface area contributed by atoms with Crippen LogP contribution in [0.4, 0.5) is 11.5 Å². The Morgan fingerprint density at radius 2 is 1.74 bits per heavy atom. The summed E-state index contributed by atoms with van der Waals surface area (Å²) in [6.45, 7) is 1.35. The molecule has 1 saturated heterocycles. The lowest BCUT2D eigenvalue weighted by atomic mass is 9.94. The maximum Gasteiger partial charge on any atom is 0.206 e. The number of β-amino-alcohol motifs (C(OH)–C–C–N with tert-alkyl or cyclic N) is 1. The van der Waals surface area contributed by atoms with Gasteiger partial charge in [0.2, 0.25) is 9.84 Å². The second-order valence-electron chi connectivity index (χ2n) is 8.48. The molecule has 3 N–H and O–H groups in total. The van der Waals surface area contributed by atoms with Crippen molar-refractivity contribution >= 4 is 32.2 Å². The van der Waals surface area contributed by atoms with Gasteiger partial charge in [0.05, 0.1) is 15.3 Å². The van der Waals surface area contributed by atoms with Crippen LogP contribution in [0.15, 0.2) is 88.9 Å². The summed E-state index contributed by atoms with van der Waals surface area (Å²) in [6, 6.07) is 20.5. The lowest BCUT2D eigenvalue weighted by Gasteiger charge is -2.27. The molecule has 0 saturated carbocycles. The van der Waals surface area contributed by atoms with Crippen LogP contribution < -0.4 is 10.6 Å². The standard InChI is InChI=1S/C27H24N4O3S/c32-27(14-4-16-28-18-27)15-13-20-7-12-25-24(17-20)26(30-19-29-25)31-21-8-10-23(11-9-21)35(33,34)22-5-2-1-3-6-22/h1-3,5-12,17,19,28,32H,4,14,16,18H2,(H,29,30,31). The van der Waals surface area contributed by atoms with Crippen molar-refractivity contribution in [2.75, 3.05) is 18.4 Å². The molecule has 1 unspecified atom stereocenters. The van der Waals surface area contributed by atoms with Crippen LogP contribution >= 0.6 is 0 Å². The number of sulfone groups is 1. The average molecular weight is 485 g/mol. The number of piperidine rings is 1. The molecule has 7 nitrogen and oxygen atoms in total. The minimum absolute atomic E-state index is 0.217. The molecular formula is C27H24N4O3S. The van der Waals surface area contributed by atoms with Crippen LogP contribution in [0.3, 0.4) is 0 Å². The minimum atomic E-state index is -3.58. The highest BCUT2D eigenvalue weighted by Gasteiger charge is 2.26. The number of hydrogen-bond donors (Lipinski definition) is 3. The highest BCUT2D eigenvalue weighted by Crippen LogP contribution is 2.26. The van der Waals surface area contributed by atoms with E-state index in [1.807, 2.05) is 18.2 Å². The Hall–Kier alpha value is -3.77. The second-order valence-corrected chi connectivity index (χ2v) is 10.4. The van der Waals surface area contributed by atoms with Crippen LogP contribution in [0.1, 0.15) is 18.4 Å². The van der Waals surface area contributed by atoms with E-state index in [-0.39, 0.29) is 9.79 Å². The number of fused-ring (bicyclic) bond motifs is 1. The van der Waals surface area contributed by atoms with Crippen molar-refractivity contribution in [1.29, 1.82) is 0 Å². The predicted molar refractivity (Wildman–Crippen MR) is 135 cm³/mol. The van der Waals surface area contributed by atoms with Crippen molar-refractivity contribution in [1.82, 2.24) is 15.3 Å². The highest BCUT2D eigenvalue weighted by molar-refractivity contribution is 7.91. The molecule has 35 heavy (non-hydrogen) atoms. The molecule has 0 aliphatic carbocycles. The van der Waals surface area contributed by atoms with Gasteiger partial charge >= 0.3 is 0 Å². The van der Waals surface area contributed by atoms with Crippen LogP contribution in [0.5, 0.6) is 0 Å². The zero-order chi connectivity index (χ0) is 24.3. The number of nitrogens with zero attached hydrogens (tertiary/aromatic N) is 2. The fourth-order valence-electron chi connectivity index (χ4n) is 4.01. The molecule has 1 aliphatic heterocycles. The first-order valence-electron chi connectivity index (χ1n) is 11.3. The molecule has 176 valence electrons. The number of aliphatic hydroxyl groups is 1. The average Bonchev–Trinajstić information content (AvgIpc) is 2.89. The van der Waals surface area contributed by atoms with Gasteiger partial charge in [-0.25, -0.2) is 18.4 Å². The van der Waals surface area contributed by atoms with Crippen molar-refractivity contribution in [3.05, 3.63) is 84.7 Å². The van der Waals surface area contributed by atoms with Gasteiger partial charge in [0.15, 0.2) is 0 Å². The van der Waals surface area contributed by atoms with Crippen LogP contribution in [0.25, 0.3) is 10.9 Å². The van der Waals surface area contributed by atoms with Crippen LogP contribution in [0, 0.1) is 11.8 Å². The maximum absolute atomic E-state index is 12.8. The third-order valence-electron chi connectivity index (χ3n) is 5.92. The SMILES string of the molecule is O=S(=O)(c1ccccc1)c1ccc(Nc2ncnc3ccc(C#CC4(O)CCCNC4)cc23)cc1. The van der Waals surface area contributed by atoms with Crippen molar-refractivity contribution < 1.29 is 13.5 Å². The van der Waals surface area contributed by atoms with E-state index < -0.39 is 15.4 Å². The maximum atomic E-state index is 12.8. The smallest absolute Gasteiger partial charge is 0.206 e. The molecule has 2 heterocycles. The van der Waals surface area contributed by atoms with Gasteiger partial charge in [0.1, 0.15) is 17.7 Å². The number of benzene rings is 3. The first-order valence-corrected chi connectivity index (χ1v) is 12.8. The van der Waals surface area contributed by atoms with Gasteiger partial charge in [-0.3, -0.25) is 0 Å². The quantitative estimate of drug-likeness (QED) is 0.380. The van der Waals surface area contributed by atoms with E-state index in [0.717, 1.165) is 29.4 Å². The normalized spacial score (nSPS) is 18.0. The molecule has 1 aromatic heterocycles. The lowest BCUT2D eigenvalue weighted by molar-refractivity contribution is 0.0736. The zero-order valence-electron chi connectivity index (χ0n) is 18.9. The van der Waals surface area contributed by atoms with Gasteiger partial charge in [-0.05, 0) is 74.0 Å². The number of hydrogen-bond acceptors (Lipinski definition) is 7. The lowest BCUT2D eigenvalue weighted by Crippen LogP contribution is -2.44. The van der Waals surface area contributed by atoms with E-state index in [9.17, 15) is 13.5 Å². The first-order chi connectivity index (χ1) is 16.9. The molecule has 0 bridgehead atoms. The molecule has 1 atom stereocenters.